The maximum atomic E-state index is 12.2. The first-order chi connectivity index (χ1) is 11.5. The number of carbonyl (C=O) groups excluding carboxylic acids is 2. The van der Waals surface area contributed by atoms with Crippen LogP contribution in [0.4, 0.5) is 5.69 Å². The molecular formula is C16H21ClN4O3S. The number of ether oxygens (including phenoxy) is 1. The number of thiazole rings is 1. The molecule has 0 radical (unpaired) electrons. The van der Waals surface area contributed by atoms with Gasteiger partial charge in [0, 0.05) is 37.6 Å². The molecule has 136 valence electrons. The fourth-order valence-corrected chi connectivity index (χ4v) is 2.58. The highest BCUT2D eigenvalue weighted by Crippen LogP contribution is 2.19. The Labute approximate surface area is 156 Å². The molecule has 2 amide bonds. The molecule has 0 unspecified atom stereocenters. The molecule has 1 aromatic carbocycles. The molecule has 0 aliphatic heterocycles. The molecule has 0 bridgehead atoms. The monoisotopic (exact) mass is 384 g/mol. The van der Waals surface area contributed by atoms with E-state index < -0.39 is 0 Å². The van der Waals surface area contributed by atoms with Crippen molar-refractivity contribution >= 4 is 41.2 Å². The lowest BCUT2D eigenvalue weighted by Gasteiger charge is -2.12. The minimum atomic E-state index is -0.295. The van der Waals surface area contributed by atoms with Gasteiger partial charge in [-0.2, -0.15) is 0 Å². The highest BCUT2D eigenvalue weighted by atomic mass is 35.5. The van der Waals surface area contributed by atoms with E-state index in [-0.39, 0.29) is 30.8 Å². The number of halogens is 1. The number of benzene rings is 1. The summed E-state index contributed by atoms with van der Waals surface area (Å²) in [5.74, 6) is 0.0699. The van der Waals surface area contributed by atoms with Gasteiger partial charge < -0.3 is 20.7 Å². The largest absolute Gasteiger partial charge is 0.484 e. The van der Waals surface area contributed by atoms with Gasteiger partial charge in [-0.15, -0.1) is 23.7 Å². The topological polar surface area (TPSA) is 97.5 Å². The highest BCUT2D eigenvalue weighted by molar-refractivity contribution is 7.09. The molecule has 0 aliphatic rings. The van der Waals surface area contributed by atoms with E-state index >= 15 is 0 Å². The van der Waals surface area contributed by atoms with Crippen LogP contribution in [0.15, 0.2) is 29.6 Å². The van der Waals surface area contributed by atoms with Crippen LogP contribution in [0.25, 0.3) is 0 Å². The summed E-state index contributed by atoms with van der Waals surface area (Å²) >= 11 is 1.41. The fourth-order valence-electron chi connectivity index (χ4n) is 1.79. The molecule has 0 aliphatic carbocycles. The van der Waals surface area contributed by atoms with Gasteiger partial charge >= 0.3 is 0 Å². The zero-order chi connectivity index (χ0) is 17.5. The van der Waals surface area contributed by atoms with Crippen molar-refractivity contribution in [3.8, 4) is 5.75 Å². The summed E-state index contributed by atoms with van der Waals surface area (Å²) in [6, 6.07) is 6.87. The fraction of sp³-hybridized carbons (Fsp3) is 0.312. The van der Waals surface area contributed by atoms with Crippen molar-refractivity contribution in [2.45, 2.75) is 6.42 Å². The number of anilines is 1. The predicted octanol–water partition coefficient (Wildman–Crippen LogP) is 1.79. The Balaban J connectivity index is 0.00000312. The van der Waals surface area contributed by atoms with Crippen molar-refractivity contribution in [1.29, 1.82) is 0 Å². The highest BCUT2D eigenvalue weighted by Gasteiger charge is 2.11. The van der Waals surface area contributed by atoms with Crippen LogP contribution in [0.5, 0.6) is 5.75 Å². The zero-order valence-electron chi connectivity index (χ0n) is 14.0. The second kappa shape index (κ2) is 9.97. The van der Waals surface area contributed by atoms with Crippen molar-refractivity contribution in [3.63, 3.8) is 0 Å². The van der Waals surface area contributed by atoms with E-state index in [1.54, 1.807) is 43.7 Å². The lowest BCUT2D eigenvalue weighted by Crippen LogP contribution is -2.27. The Morgan fingerprint density at radius 3 is 2.80 bits per heavy atom. The minimum absolute atomic E-state index is 0. The number of aromatic nitrogens is 1. The first-order valence-electron chi connectivity index (χ1n) is 7.38. The Morgan fingerprint density at radius 1 is 1.36 bits per heavy atom. The van der Waals surface area contributed by atoms with Gasteiger partial charge in [-0.05, 0) is 18.7 Å². The molecule has 7 nitrogen and oxygen atoms in total. The number of nitrogens with two attached hydrogens (primary N) is 1. The van der Waals surface area contributed by atoms with E-state index in [0.29, 0.717) is 30.1 Å². The van der Waals surface area contributed by atoms with Crippen LogP contribution in [-0.4, -0.2) is 48.9 Å². The summed E-state index contributed by atoms with van der Waals surface area (Å²) in [5, 5.41) is 5.30. The van der Waals surface area contributed by atoms with Crippen LogP contribution in [-0.2, 0) is 11.2 Å². The van der Waals surface area contributed by atoms with Crippen LogP contribution in [0.3, 0.4) is 0 Å². The average molecular weight is 385 g/mol. The summed E-state index contributed by atoms with van der Waals surface area (Å²) in [6.07, 6.45) is 0.654. The molecule has 3 N–H and O–H groups in total. The average Bonchev–Trinajstić information content (AvgIpc) is 3.02. The van der Waals surface area contributed by atoms with Gasteiger partial charge in [0.15, 0.2) is 6.61 Å². The van der Waals surface area contributed by atoms with Gasteiger partial charge in [0.25, 0.3) is 11.8 Å². The van der Waals surface area contributed by atoms with E-state index in [9.17, 15) is 9.59 Å². The first-order valence-corrected chi connectivity index (χ1v) is 8.26. The summed E-state index contributed by atoms with van der Waals surface area (Å²) in [4.78, 5) is 29.4. The minimum Gasteiger partial charge on any atom is -0.484 e. The van der Waals surface area contributed by atoms with Crippen LogP contribution >= 0.6 is 23.7 Å². The third-order valence-corrected chi connectivity index (χ3v) is 4.00. The van der Waals surface area contributed by atoms with Crippen LogP contribution in [0.2, 0.25) is 0 Å². The Hall–Kier alpha value is -2.16. The van der Waals surface area contributed by atoms with Crippen molar-refractivity contribution in [1.82, 2.24) is 9.88 Å². The number of nitrogens with one attached hydrogen (secondary N) is 1. The van der Waals surface area contributed by atoms with Crippen LogP contribution < -0.4 is 15.8 Å². The van der Waals surface area contributed by atoms with Gasteiger partial charge in [-0.25, -0.2) is 4.98 Å². The Kier molecular flexibility index (Phi) is 8.33. The van der Waals surface area contributed by atoms with Crippen molar-refractivity contribution < 1.29 is 14.3 Å². The maximum absolute atomic E-state index is 12.2. The number of carbonyl (C=O) groups is 2. The van der Waals surface area contributed by atoms with Crippen molar-refractivity contribution in [2.75, 3.05) is 32.6 Å². The molecular weight excluding hydrogens is 364 g/mol. The molecule has 9 heteroatoms. The van der Waals surface area contributed by atoms with Crippen LogP contribution in [0, 0.1) is 0 Å². The van der Waals surface area contributed by atoms with Gasteiger partial charge in [0.2, 0.25) is 0 Å². The number of amides is 2. The standard InChI is InChI=1S/C16H20N4O3S.ClH/c1-20(2)15(21)9-23-12-5-3-4-11(8-12)18-16(22)13-10-24-14(19-13)6-7-17;/h3-5,8,10H,6-7,9,17H2,1-2H3,(H,18,22);1H. The third kappa shape index (κ3) is 6.33. The smallest absolute Gasteiger partial charge is 0.275 e. The Bertz CT molecular complexity index is 721. The van der Waals surface area contributed by atoms with Crippen molar-refractivity contribution in [3.05, 3.63) is 40.3 Å². The van der Waals surface area contributed by atoms with Gasteiger partial charge in [0.1, 0.15) is 11.4 Å². The molecule has 0 spiro atoms. The van der Waals surface area contributed by atoms with Crippen molar-refractivity contribution in [2.24, 2.45) is 5.73 Å². The summed E-state index contributed by atoms with van der Waals surface area (Å²) < 4.78 is 5.42. The van der Waals surface area contributed by atoms with E-state index in [1.165, 1.54) is 16.2 Å². The molecule has 0 atom stereocenters. The summed E-state index contributed by atoms with van der Waals surface area (Å²) in [6.45, 7) is 0.443. The molecule has 25 heavy (non-hydrogen) atoms. The second-order valence-electron chi connectivity index (χ2n) is 5.22. The summed E-state index contributed by atoms with van der Waals surface area (Å²) in [7, 11) is 3.32. The van der Waals surface area contributed by atoms with Gasteiger partial charge in [0.05, 0.1) is 5.01 Å². The zero-order valence-corrected chi connectivity index (χ0v) is 15.7. The third-order valence-electron chi connectivity index (χ3n) is 3.10. The number of nitrogens with zero attached hydrogens (tertiary/aromatic N) is 2. The van der Waals surface area contributed by atoms with Gasteiger partial charge in [-0.1, -0.05) is 6.07 Å². The second-order valence-corrected chi connectivity index (χ2v) is 6.17. The maximum Gasteiger partial charge on any atom is 0.275 e. The Morgan fingerprint density at radius 2 is 2.12 bits per heavy atom. The quantitative estimate of drug-likeness (QED) is 0.758. The van der Waals surface area contributed by atoms with E-state index in [4.69, 9.17) is 10.5 Å². The van der Waals surface area contributed by atoms with E-state index in [0.717, 1.165) is 5.01 Å². The molecule has 0 saturated heterocycles. The van der Waals surface area contributed by atoms with Crippen LogP contribution in [0.1, 0.15) is 15.5 Å². The van der Waals surface area contributed by atoms with Gasteiger partial charge in [-0.3, -0.25) is 9.59 Å². The predicted molar refractivity (Wildman–Crippen MR) is 101 cm³/mol. The molecule has 2 aromatic rings. The lowest BCUT2D eigenvalue weighted by atomic mass is 10.3. The molecule has 1 heterocycles. The molecule has 0 fully saturated rings. The molecule has 0 saturated carbocycles. The SMILES string of the molecule is CN(C)C(=O)COc1cccc(NC(=O)c2csc(CCN)n2)c1.Cl. The van der Waals surface area contributed by atoms with E-state index in [2.05, 4.69) is 10.3 Å². The lowest BCUT2D eigenvalue weighted by molar-refractivity contribution is -0.130. The number of hydrogen-bond donors (Lipinski definition) is 2. The molecule has 2 rings (SSSR count). The number of rotatable bonds is 7. The van der Waals surface area contributed by atoms with E-state index in [1.807, 2.05) is 0 Å². The molecule has 1 aromatic heterocycles. The first kappa shape index (κ1) is 20.9. The normalized spacial score (nSPS) is 9.88. The summed E-state index contributed by atoms with van der Waals surface area (Å²) in [5.41, 5.74) is 6.41. The number of hydrogen-bond acceptors (Lipinski definition) is 6. The number of likely N-dealkylation sites (N-methyl/N-ethyl adjacent to an activating group) is 1.